The first kappa shape index (κ1) is 10.4. The van der Waals surface area contributed by atoms with Gasteiger partial charge in [0.15, 0.2) is 0 Å². The molecule has 0 radical (unpaired) electrons. The highest BCUT2D eigenvalue weighted by atomic mass is 16.3. The zero-order chi connectivity index (χ0) is 9.97. The predicted molar refractivity (Wildman–Crippen MR) is 57.0 cm³/mol. The van der Waals surface area contributed by atoms with E-state index in [9.17, 15) is 5.11 Å². The highest BCUT2D eigenvalue weighted by Gasteiger charge is 2.34. The van der Waals surface area contributed by atoms with Gasteiger partial charge < -0.3 is 10.8 Å². The van der Waals surface area contributed by atoms with Crippen molar-refractivity contribution in [1.82, 2.24) is 4.90 Å². The molecule has 2 aliphatic rings. The van der Waals surface area contributed by atoms with Crippen LogP contribution in [0, 0.1) is 0 Å². The summed E-state index contributed by atoms with van der Waals surface area (Å²) in [6.07, 6.45) is 7.38. The molecule has 1 saturated carbocycles. The standard InChI is InChI=1S/C11H22N2O/c12-10-5-1-2-6-11(10)13-7-3-4-9(13)8-14/h9-11,14H,1-8,12H2. The second kappa shape index (κ2) is 4.60. The van der Waals surface area contributed by atoms with E-state index in [1.807, 2.05) is 0 Å². The second-order valence-electron chi connectivity index (χ2n) is 4.73. The van der Waals surface area contributed by atoms with Gasteiger partial charge in [-0.05, 0) is 32.2 Å². The topological polar surface area (TPSA) is 49.5 Å². The largest absolute Gasteiger partial charge is 0.395 e. The highest BCUT2D eigenvalue weighted by molar-refractivity contribution is 4.91. The number of nitrogens with zero attached hydrogens (tertiary/aromatic N) is 1. The Morgan fingerprint density at radius 1 is 1.14 bits per heavy atom. The van der Waals surface area contributed by atoms with Gasteiger partial charge in [0.05, 0.1) is 6.61 Å². The van der Waals surface area contributed by atoms with Gasteiger partial charge >= 0.3 is 0 Å². The summed E-state index contributed by atoms with van der Waals surface area (Å²) in [5.74, 6) is 0. The van der Waals surface area contributed by atoms with Crippen molar-refractivity contribution < 1.29 is 5.11 Å². The number of nitrogens with two attached hydrogens (primary N) is 1. The van der Waals surface area contributed by atoms with Gasteiger partial charge in [-0.15, -0.1) is 0 Å². The number of hydrogen-bond donors (Lipinski definition) is 2. The van der Waals surface area contributed by atoms with Gasteiger partial charge in [0.25, 0.3) is 0 Å². The molecule has 0 spiro atoms. The maximum atomic E-state index is 9.27. The zero-order valence-corrected chi connectivity index (χ0v) is 8.86. The van der Waals surface area contributed by atoms with Crippen molar-refractivity contribution in [2.24, 2.45) is 5.73 Å². The molecule has 2 fully saturated rings. The third-order valence-corrected chi connectivity index (χ3v) is 3.84. The lowest BCUT2D eigenvalue weighted by Gasteiger charge is -2.38. The molecular weight excluding hydrogens is 176 g/mol. The SMILES string of the molecule is NC1CCCCC1N1CCCC1CO. The third kappa shape index (κ3) is 1.95. The van der Waals surface area contributed by atoms with Crippen molar-refractivity contribution >= 4 is 0 Å². The molecule has 1 heterocycles. The van der Waals surface area contributed by atoms with Crippen molar-refractivity contribution in [1.29, 1.82) is 0 Å². The maximum absolute atomic E-state index is 9.27. The third-order valence-electron chi connectivity index (χ3n) is 3.84. The molecule has 3 atom stereocenters. The van der Waals surface area contributed by atoms with E-state index in [0.717, 1.165) is 13.0 Å². The smallest absolute Gasteiger partial charge is 0.0587 e. The van der Waals surface area contributed by atoms with E-state index in [1.165, 1.54) is 32.1 Å². The number of rotatable bonds is 2. The average Bonchev–Trinajstić information content (AvgIpc) is 2.66. The van der Waals surface area contributed by atoms with Gasteiger partial charge in [-0.2, -0.15) is 0 Å². The average molecular weight is 198 g/mol. The first-order valence-corrected chi connectivity index (χ1v) is 5.95. The van der Waals surface area contributed by atoms with E-state index in [4.69, 9.17) is 5.73 Å². The summed E-state index contributed by atoms with van der Waals surface area (Å²) in [7, 11) is 0. The second-order valence-corrected chi connectivity index (χ2v) is 4.73. The van der Waals surface area contributed by atoms with Crippen molar-refractivity contribution in [2.75, 3.05) is 13.2 Å². The van der Waals surface area contributed by atoms with Crippen LogP contribution in [0.3, 0.4) is 0 Å². The molecule has 0 aromatic rings. The van der Waals surface area contributed by atoms with E-state index < -0.39 is 0 Å². The van der Waals surface area contributed by atoms with Crippen LogP contribution in [-0.2, 0) is 0 Å². The fourth-order valence-electron chi connectivity index (χ4n) is 3.04. The Balaban J connectivity index is 1.97. The van der Waals surface area contributed by atoms with Crippen LogP contribution >= 0.6 is 0 Å². The minimum Gasteiger partial charge on any atom is -0.395 e. The molecule has 14 heavy (non-hydrogen) atoms. The van der Waals surface area contributed by atoms with E-state index in [-0.39, 0.29) is 0 Å². The Morgan fingerprint density at radius 2 is 1.93 bits per heavy atom. The quantitative estimate of drug-likeness (QED) is 0.687. The van der Waals surface area contributed by atoms with Gasteiger partial charge in [0, 0.05) is 18.1 Å². The fraction of sp³-hybridized carbons (Fsp3) is 1.00. The molecule has 2 rings (SSSR count). The molecule has 0 aromatic carbocycles. The molecule has 82 valence electrons. The molecular formula is C11H22N2O. The fourth-order valence-corrected chi connectivity index (χ4v) is 3.04. The van der Waals surface area contributed by atoms with Crippen molar-refractivity contribution in [3.05, 3.63) is 0 Å². The normalized spacial score (nSPS) is 40.3. The van der Waals surface area contributed by atoms with Crippen LogP contribution in [0.5, 0.6) is 0 Å². The van der Waals surface area contributed by atoms with Crippen LogP contribution in [0.15, 0.2) is 0 Å². The molecule has 3 N–H and O–H groups in total. The van der Waals surface area contributed by atoms with Crippen LogP contribution < -0.4 is 5.73 Å². The van der Waals surface area contributed by atoms with E-state index in [0.29, 0.717) is 24.7 Å². The predicted octanol–water partition coefficient (Wildman–Crippen LogP) is 0.713. The van der Waals surface area contributed by atoms with Gasteiger partial charge in [0.2, 0.25) is 0 Å². The highest BCUT2D eigenvalue weighted by Crippen LogP contribution is 2.28. The first-order chi connectivity index (χ1) is 6.83. The lowest BCUT2D eigenvalue weighted by atomic mass is 9.89. The Morgan fingerprint density at radius 3 is 2.64 bits per heavy atom. The first-order valence-electron chi connectivity index (χ1n) is 5.95. The molecule has 0 bridgehead atoms. The summed E-state index contributed by atoms with van der Waals surface area (Å²) < 4.78 is 0. The monoisotopic (exact) mass is 198 g/mol. The Hall–Kier alpha value is -0.120. The van der Waals surface area contributed by atoms with E-state index in [2.05, 4.69) is 4.90 Å². The summed E-state index contributed by atoms with van der Waals surface area (Å²) in [4.78, 5) is 2.46. The molecule has 3 nitrogen and oxygen atoms in total. The molecule has 0 aromatic heterocycles. The van der Waals surface area contributed by atoms with E-state index >= 15 is 0 Å². The molecule has 1 aliphatic carbocycles. The zero-order valence-electron chi connectivity index (χ0n) is 8.86. The van der Waals surface area contributed by atoms with Crippen LogP contribution in [0.1, 0.15) is 38.5 Å². The molecule has 3 unspecified atom stereocenters. The number of likely N-dealkylation sites (tertiary alicyclic amines) is 1. The maximum Gasteiger partial charge on any atom is 0.0587 e. The summed E-state index contributed by atoms with van der Waals surface area (Å²) in [5, 5.41) is 9.27. The number of aliphatic hydroxyl groups excluding tert-OH is 1. The Bertz CT molecular complexity index is 186. The van der Waals surface area contributed by atoms with E-state index in [1.54, 1.807) is 0 Å². The van der Waals surface area contributed by atoms with Crippen LogP contribution in [-0.4, -0.2) is 41.3 Å². The lowest BCUT2D eigenvalue weighted by molar-refractivity contribution is 0.0868. The van der Waals surface area contributed by atoms with Gasteiger partial charge in [0.1, 0.15) is 0 Å². The molecule has 0 amide bonds. The van der Waals surface area contributed by atoms with Crippen LogP contribution in [0.25, 0.3) is 0 Å². The lowest BCUT2D eigenvalue weighted by Crippen LogP contribution is -2.52. The van der Waals surface area contributed by atoms with Crippen molar-refractivity contribution in [3.8, 4) is 0 Å². The Labute approximate surface area is 86.3 Å². The summed E-state index contributed by atoms with van der Waals surface area (Å²) in [6, 6.07) is 1.28. The van der Waals surface area contributed by atoms with Crippen LogP contribution in [0.4, 0.5) is 0 Å². The Kier molecular flexibility index (Phi) is 3.42. The molecule has 3 heteroatoms. The van der Waals surface area contributed by atoms with Gasteiger partial charge in [-0.1, -0.05) is 12.8 Å². The van der Waals surface area contributed by atoms with Gasteiger partial charge in [-0.25, -0.2) is 0 Å². The summed E-state index contributed by atoms with van der Waals surface area (Å²) in [6.45, 7) is 1.45. The summed E-state index contributed by atoms with van der Waals surface area (Å²) in [5.41, 5.74) is 6.15. The van der Waals surface area contributed by atoms with Crippen molar-refractivity contribution in [2.45, 2.75) is 56.7 Å². The number of hydrogen-bond acceptors (Lipinski definition) is 3. The van der Waals surface area contributed by atoms with Crippen molar-refractivity contribution in [3.63, 3.8) is 0 Å². The minimum atomic E-state index is 0.309. The summed E-state index contributed by atoms with van der Waals surface area (Å²) >= 11 is 0. The molecule has 1 saturated heterocycles. The van der Waals surface area contributed by atoms with Gasteiger partial charge in [-0.3, -0.25) is 4.90 Å². The number of aliphatic hydroxyl groups is 1. The minimum absolute atomic E-state index is 0.309. The molecule has 1 aliphatic heterocycles. The van der Waals surface area contributed by atoms with Crippen LogP contribution in [0.2, 0.25) is 0 Å².